The van der Waals surface area contributed by atoms with Crippen molar-refractivity contribution < 1.29 is 51.4 Å². The third-order valence-corrected chi connectivity index (χ3v) is 6.81. The molecule has 0 saturated carbocycles. The molecule has 0 atom stereocenters. The fourth-order valence-corrected chi connectivity index (χ4v) is 5.05. The summed E-state index contributed by atoms with van der Waals surface area (Å²) in [7, 11) is 0. The van der Waals surface area contributed by atoms with Gasteiger partial charge in [-0.1, -0.05) is 109 Å². The molecule has 0 aliphatic heterocycles. The quantitative estimate of drug-likeness (QED) is 0.197. The van der Waals surface area contributed by atoms with E-state index in [1.165, 1.54) is 0 Å². The molecular weight excluding hydrogens is 500 g/mol. The van der Waals surface area contributed by atoms with Gasteiger partial charge in [-0.05, 0) is 45.8 Å². The Balaban J connectivity index is 0.00000115. The molecule has 0 N–H and O–H groups in total. The van der Waals surface area contributed by atoms with Crippen LogP contribution < -0.4 is 51.4 Å². The second kappa shape index (κ2) is 12.7. The van der Waals surface area contributed by atoms with Gasteiger partial charge in [0, 0.05) is 0 Å². The molecule has 0 aromatic heterocycles. The Bertz CT molecular complexity index is 1900. The standard InChI is InChI=1S/C34H20N2.C2H6.K/c1-2-24-19-33(29-13-11-25-15-22(20-35)7-9-27(25)17-29)31-5-3-4-6-32(31)34(24)30-14-12-26-16-23(21-36)8-10-28(26)18-30;1-2;/h3-18H,1-2H2;1-2H3;/q-2;;+1. The molecule has 0 unspecified atom stereocenters. The Hall–Kier alpha value is -3.28. The largest absolute Gasteiger partial charge is 1.00 e. The molecule has 0 heterocycles. The minimum Gasteiger partial charge on any atom is -0.341 e. The van der Waals surface area contributed by atoms with Crippen molar-refractivity contribution in [3.63, 3.8) is 0 Å². The summed E-state index contributed by atoms with van der Waals surface area (Å²) in [4.78, 5) is 0. The van der Waals surface area contributed by atoms with Crippen LogP contribution in [-0.4, -0.2) is 0 Å². The van der Waals surface area contributed by atoms with Gasteiger partial charge in [0.15, 0.2) is 0 Å². The van der Waals surface area contributed by atoms with E-state index in [4.69, 9.17) is 0 Å². The molecule has 6 aromatic rings. The van der Waals surface area contributed by atoms with Crippen LogP contribution in [0.15, 0.2) is 97.1 Å². The summed E-state index contributed by atoms with van der Waals surface area (Å²) in [5, 5.41) is 25.1. The fraction of sp³-hybridized carbons (Fsp3) is 0.0833. The Morgan fingerprint density at radius 2 is 1.13 bits per heavy atom. The van der Waals surface area contributed by atoms with Crippen LogP contribution in [0.1, 0.15) is 30.5 Å². The number of rotatable bonds is 3. The van der Waals surface area contributed by atoms with Crippen molar-refractivity contribution in [3.05, 3.63) is 127 Å². The number of fused-ring (bicyclic) bond motifs is 3. The van der Waals surface area contributed by atoms with Crippen LogP contribution in [0, 0.1) is 35.7 Å². The van der Waals surface area contributed by atoms with Gasteiger partial charge in [-0.2, -0.15) is 22.5 Å². The molecule has 0 fully saturated rings. The molecular formula is C36H26KN2-. The zero-order valence-electron chi connectivity index (χ0n) is 22.5. The molecule has 6 aromatic carbocycles. The summed E-state index contributed by atoms with van der Waals surface area (Å²) in [5.74, 6) is 0. The first-order chi connectivity index (χ1) is 18.7. The van der Waals surface area contributed by atoms with E-state index in [1.807, 2.05) is 50.2 Å². The van der Waals surface area contributed by atoms with Gasteiger partial charge in [0.2, 0.25) is 0 Å². The van der Waals surface area contributed by atoms with Crippen molar-refractivity contribution in [2.45, 2.75) is 20.3 Å². The molecule has 3 heteroatoms. The van der Waals surface area contributed by atoms with Crippen molar-refractivity contribution in [3.8, 4) is 34.4 Å². The van der Waals surface area contributed by atoms with Gasteiger partial charge in [0.05, 0.1) is 23.3 Å². The van der Waals surface area contributed by atoms with Gasteiger partial charge in [-0.15, -0.1) is 17.0 Å². The number of nitrogens with zero attached hydrogens (tertiary/aromatic N) is 2. The van der Waals surface area contributed by atoms with Gasteiger partial charge >= 0.3 is 51.4 Å². The molecule has 39 heavy (non-hydrogen) atoms. The van der Waals surface area contributed by atoms with Crippen LogP contribution in [0.5, 0.6) is 0 Å². The van der Waals surface area contributed by atoms with Crippen molar-refractivity contribution in [2.75, 3.05) is 0 Å². The predicted molar refractivity (Wildman–Crippen MR) is 159 cm³/mol. The summed E-state index contributed by atoms with van der Waals surface area (Å²) in [6.45, 7) is 8.24. The van der Waals surface area contributed by atoms with Crippen molar-refractivity contribution in [1.29, 1.82) is 10.5 Å². The van der Waals surface area contributed by atoms with Crippen LogP contribution in [0.3, 0.4) is 0 Å². The Morgan fingerprint density at radius 3 is 1.69 bits per heavy atom. The molecule has 6 rings (SSSR count). The van der Waals surface area contributed by atoms with E-state index in [1.54, 1.807) is 0 Å². The monoisotopic (exact) mass is 525 g/mol. The average molecular weight is 526 g/mol. The van der Waals surface area contributed by atoms with Gasteiger partial charge < -0.3 is 6.92 Å². The molecule has 182 valence electrons. The first-order valence-corrected chi connectivity index (χ1v) is 12.8. The first-order valence-electron chi connectivity index (χ1n) is 12.8. The van der Waals surface area contributed by atoms with Crippen molar-refractivity contribution in [2.24, 2.45) is 0 Å². The fourth-order valence-electron chi connectivity index (χ4n) is 5.05. The molecule has 0 saturated heterocycles. The van der Waals surface area contributed by atoms with Crippen LogP contribution in [-0.2, 0) is 6.42 Å². The van der Waals surface area contributed by atoms with Crippen molar-refractivity contribution in [1.82, 2.24) is 0 Å². The van der Waals surface area contributed by atoms with Gasteiger partial charge in [0.1, 0.15) is 0 Å². The molecule has 0 spiro atoms. The molecule has 0 aliphatic carbocycles. The molecule has 0 bridgehead atoms. The minimum absolute atomic E-state index is 0. The SMILES string of the molecule is CC.[CH2-]Cc1[c-]c(-c2ccc3cc(C#N)ccc3c2)c2ccccc2c1-c1ccc2cc(C#N)ccc2c1.[K+]. The molecule has 0 aliphatic rings. The molecule has 0 radical (unpaired) electrons. The van der Waals surface area contributed by atoms with Crippen LogP contribution in [0.4, 0.5) is 0 Å². The van der Waals surface area contributed by atoms with E-state index in [2.05, 4.69) is 85.8 Å². The van der Waals surface area contributed by atoms with Crippen LogP contribution >= 0.6 is 0 Å². The molecule has 2 nitrogen and oxygen atoms in total. The van der Waals surface area contributed by atoms with E-state index in [0.29, 0.717) is 17.5 Å². The smallest absolute Gasteiger partial charge is 0.341 e. The average Bonchev–Trinajstić information content (AvgIpc) is 3.00. The third-order valence-electron chi connectivity index (χ3n) is 6.81. The number of hydrogen-bond donors (Lipinski definition) is 0. The molecule has 0 amide bonds. The van der Waals surface area contributed by atoms with Gasteiger partial charge in [-0.3, -0.25) is 0 Å². The zero-order valence-corrected chi connectivity index (χ0v) is 25.7. The summed E-state index contributed by atoms with van der Waals surface area (Å²) in [5.41, 5.74) is 6.80. The third kappa shape index (κ3) is 5.56. The predicted octanol–water partition coefficient (Wildman–Crippen LogP) is 6.43. The van der Waals surface area contributed by atoms with Crippen molar-refractivity contribution >= 4 is 32.3 Å². The van der Waals surface area contributed by atoms with Crippen LogP contribution in [0.25, 0.3) is 54.6 Å². The van der Waals surface area contributed by atoms with Gasteiger partial charge in [0.25, 0.3) is 0 Å². The Morgan fingerprint density at radius 1 is 0.641 bits per heavy atom. The van der Waals surface area contributed by atoms with E-state index in [0.717, 1.165) is 60.1 Å². The van der Waals surface area contributed by atoms with Gasteiger partial charge in [-0.25, -0.2) is 0 Å². The zero-order chi connectivity index (χ0) is 26.6. The number of benzene rings is 6. The minimum atomic E-state index is 0. The van der Waals surface area contributed by atoms with E-state index in [9.17, 15) is 10.5 Å². The van der Waals surface area contributed by atoms with Crippen LogP contribution in [0.2, 0.25) is 0 Å². The van der Waals surface area contributed by atoms with E-state index >= 15 is 0 Å². The van der Waals surface area contributed by atoms with E-state index in [-0.39, 0.29) is 51.4 Å². The maximum Gasteiger partial charge on any atom is 1.00 e. The Labute approximate surface area is 272 Å². The maximum atomic E-state index is 9.24. The second-order valence-electron chi connectivity index (χ2n) is 8.93. The first kappa shape index (κ1) is 28.7. The van der Waals surface area contributed by atoms with E-state index < -0.39 is 0 Å². The summed E-state index contributed by atoms with van der Waals surface area (Å²) >= 11 is 0. The summed E-state index contributed by atoms with van der Waals surface area (Å²) in [6.07, 6.45) is 0.609. The normalized spacial score (nSPS) is 10.3. The summed E-state index contributed by atoms with van der Waals surface area (Å²) in [6, 6.07) is 40.9. The summed E-state index contributed by atoms with van der Waals surface area (Å²) < 4.78 is 0. The topological polar surface area (TPSA) is 47.6 Å². The Kier molecular flexibility index (Phi) is 9.36. The second-order valence-corrected chi connectivity index (χ2v) is 8.93. The number of hydrogen-bond acceptors (Lipinski definition) is 2. The number of nitriles is 2. The maximum absolute atomic E-state index is 9.24.